The maximum absolute atomic E-state index is 11.8. The molecule has 7 nitrogen and oxygen atoms in total. The van der Waals surface area contributed by atoms with Crippen LogP contribution >= 0.6 is 23.6 Å². The Labute approximate surface area is 155 Å². The molecule has 1 saturated heterocycles. The van der Waals surface area contributed by atoms with Crippen molar-refractivity contribution in [3.63, 3.8) is 0 Å². The van der Waals surface area contributed by atoms with E-state index in [-0.39, 0.29) is 12.4 Å². The van der Waals surface area contributed by atoms with Crippen molar-refractivity contribution in [2.45, 2.75) is 20.0 Å². The predicted molar refractivity (Wildman–Crippen MR) is 98.4 cm³/mol. The van der Waals surface area contributed by atoms with Crippen LogP contribution in [0, 0.1) is 3.95 Å². The van der Waals surface area contributed by atoms with Crippen LogP contribution in [0.1, 0.15) is 12.6 Å². The van der Waals surface area contributed by atoms with Crippen LogP contribution in [0.15, 0.2) is 23.8 Å². The van der Waals surface area contributed by atoms with Gasteiger partial charge in [-0.3, -0.25) is 9.36 Å². The Balaban J connectivity index is 1.60. The molecule has 2 aromatic heterocycles. The predicted octanol–water partition coefficient (Wildman–Crippen LogP) is 0.537. The number of piperazine rings is 1. The van der Waals surface area contributed by atoms with Gasteiger partial charge < -0.3 is 14.5 Å². The Kier molecular flexibility index (Phi) is 6.11. The van der Waals surface area contributed by atoms with Gasteiger partial charge in [0.05, 0.1) is 39.2 Å². The molecule has 0 atom stereocenters. The summed E-state index contributed by atoms with van der Waals surface area (Å²) in [5.74, 6) is 0.585. The van der Waals surface area contributed by atoms with Crippen molar-refractivity contribution >= 4 is 35.5 Å². The van der Waals surface area contributed by atoms with Crippen LogP contribution in [-0.4, -0.2) is 53.3 Å². The maximum atomic E-state index is 11.8. The zero-order valence-electron chi connectivity index (χ0n) is 14.2. The highest BCUT2D eigenvalue weighted by atomic mass is 32.1. The third-order valence-corrected chi connectivity index (χ3v) is 5.50. The summed E-state index contributed by atoms with van der Waals surface area (Å²) < 4.78 is 7.93. The average Bonchev–Trinajstić information content (AvgIpc) is 2.96. The number of carbonyl (C=O) groups excluding carboxylic acids is 1. The summed E-state index contributed by atoms with van der Waals surface area (Å²) in [4.78, 5) is 24.0. The number of ether oxygens (including phenoxy) is 1. The highest BCUT2D eigenvalue weighted by molar-refractivity contribution is 7.73. The standard InChI is InChI=1S/C16H21N5O2S2/c1-2-23-14(22)10-13-11-25-16(24)21(13)12-19-6-8-20(9-7-19)15-17-4-3-5-18-15/h3-5,11H,2,6-10,12H2,1H3/p+1. The molecule has 1 fully saturated rings. The first-order valence-electron chi connectivity index (χ1n) is 8.35. The van der Waals surface area contributed by atoms with E-state index in [2.05, 4.69) is 19.4 Å². The number of hydrogen-bond donors (Lipinski definition) is 1. The SMILES string of the molecule is CCOC(=O)Cc1csc(=S)n1C[NH+]1CCN(c2ncccn2)CC1. The van der Waals surface area contributed by atoms with Crippen molar-refractivity contribution < 1.29 is 14.4 Å². The number of carbonyl (C=O) groups is 1. The average molecular weight is 381 g/mol. The van der Waals surface area contributed by atoms with Crippen molar-refractivity contribution in [1.29, 1.82) is 0 Å². The smallest absolute Gasteiger partial charge is 0.311 e. The second-order valence-electron chi connectivity index (χ2n) is 5.85. The molecule has 9 heteroatoms. The highest BCUT2D eigenvalue weighted by Gasteiger charge is 2.23. The molecule has 0 spiro atoms. The van der Waals surface area contributed by atoms with Gasteiger partial charge in [-0.2, -0.15) is 0 Å². The molecule has 0 aliphatic carbocycles. The van der Waals surface area contributed by atoms with Crippen molar-refractivity contribution in [1.82, 2.24) is 14.5 Å². The third-order valence-electron chi connectivity index (χ3n) is 4.18. The van der Waals surface area contributed by atoms with E-state index >= 15 is 0 Å². The van der Waals surface area contributed by atoms with E-state index in [1.54, 1.807) is 12.4 Å². The molecule has 25 heavy (non-hydrogen) atoms. The van der Waals surface area contributed by atoms with E-state index in [9.17, 15) is 4.79 Å². The van der Waals surface area contributed by atoms with Crippen LogP contribution in [0.5, 0.6) is 0 Å². The molecular weight excluding hydrogens is 358 g/mol. The number of thiazole rings is 1. The molecule has 3 heterocycles. The summed E-state index contributed by atoms with van der Waals surface area (Å²) in [6.07, 6.45) is 3.82. The molecule has 0 bridgehead atoms. The summed E-state index contributed by atoms with van der Waals surface area (Å²) in [7, 11) is 0. The van der Waals surface area contributed by atoms with E-state index in [4.69, 9.17) is 17.0 Å². The maximum Gasteiger partial charge on any atom is 0.311 e. The molecule has 0 saturated carbocycles. The van der Waals surface area contributed by atoms with Gasteiger partial charge in [0.2, 0.25) is 5.95 Å². The molecule has 1 N–H and O–H groups in total. The number of hydrogen-bond acceptors (Lipinski definition) is 7. The first-order valence-corrected chi connectivity index (χ1v) is 9.64. The molecule has 3 rings (SSSR count). The van der Waals surface area contributed by atoms with Gasteiger partial charge in [0.15, 0.2) is 10.6 Å². The molecule has 134 valence electrons. The van der Waals surface area contributed by atoms with E-state index < -0.39 is 0 Å². The summed E-state index contributed by atoms with van der Waals surface area (Å²) in [6.45, 7) is 6.77. The molecule has 0 amide bonds. The van der Waals surface area contributed by atoms with Gasteiger partial charge in [-0.15, -0.1) is 11.3 Å². The fourth-order valence-electron chi connectivity index (χ4n) is 2.89. The lowest BCUT2D eigenvalue weighted by Crippen LogP contribution is -3.14. The minimum atomic E-state index is -0.204. The first-order chi connectivity index (χ1) is 12.2. The molecule has 0 aromatic carbocycles. The number of anilines is 1. The molecule has 1 aliphatic heterocycles. The third kappa shape index (κ3) is 4.62. The summed E-state index contributed by atoms with van der Waals surface area (Å²) in [5, 5.41) is 1.97. The van der Waals surface area contributed by atoms with E-state index in [1.807, 2.05) is 18.4 Å². The van der Waals surface area contributed by atoms with Crippen LogP contribution in [0.25, 0.3) is 0 Å². The Hall–Kier alpha value is -1.84. The number of nitrogens with zero attached hydrogens (tertiary/aromatic N) is 4. The van der Waals surface area contributed by atoms with Gasteiger partial charge >= 0.3 is 5.97 Å². The Morgan fingerprint density at radius 2 is 2.08 bits per heavy atom. The van der Waals surface area contributed by atoms with Gasteiger partial charge in [-0.05, 0) is 25.2 Å². The Morgan fingerprint density at radius 1 is 1.36 bits per heavy atom. The molecular formula is C16H22N5O2S2+. The highest BCUT2D eigenvalue weighted by Crippen LogP contribution is 2.12. The monoisotopic (exact) mass is 380 g/mol. The normalized spacial score (nSPS) is 15.3. The lowest BCUT2D eigenvalue weighted by atomic mass is 10.3. The lowest BCUT2D eigenvalue weighted by molar-refractivity contribution is -0.923. The number of aromatic nitrogens is 3. The van der Waals surface area contributed by atoms with Crippen molar-refractivity contribution in [3.8, 4) is 0 Å². The van der Waals surface area contributed by atoms with Crippen LogP contribution in [0.3, 0.4) is 0 Å². The lowest BCUT2D eigenvalue weighted by Gasteiger charge is -2.32. The largest absolute Gasteiger partial charge is 0.466 e. The van der Waals surface area contributed by atoms with Crippen LogP contribution in [0.4, 0.5) is 5.95 Å². The van der Waals surface area contributed by atoms with Crippen LogP contribution < -0.4 is 9.80 Å². The minimum Gasteiger partial charge on any atom is -0.466 e. The number of quaternary nitrogens is 1. The molecule has 0 unspecified atom stereocenters. The zero-order valence-corrected chi connectivity index (χ0v) is 15.8. The number of nitrogens with one attached hydrogen (secondary N) is 1. The quantitative estimate of drug-likeness (QED) is 0.583. The Morgan fingerprint density at radius 3 is 2.76 bits per heavy atom. The Bertz CT molecular complexity index is 753. The van der Waals surface area contributed by atoms with Gasteiger partial charge in [-0.25, -0.2) is 9.97 Å². The summed E-state index contributed by atoms with van der Waals surface area (Å²) >= 11 is 6.95. The van der Waals surface area contributed by atoms with E-state index in [1.165, 1.54) is 16.2 Å². The van der Waals surface area contributed by atoms with Crippen molar-refractivity contribution in [2.24, 2.45) is 0 Å². The number of esters is 1. The van der Waals surface area contributed by atoms with Crippen LogP contribution in [0.2, 0.25) is 0 Å². The van der Waals surface area contributed by atoms with E-state index in [0.717, 1.165) is 48.4 Å². The molecule has 0 radical (unpaired) electrons. The van der Waals surface area contributed by atoms with Gasteiger partial charge in [0.25, 0.3) is 0 Å². The van der Waals surface area contributed by atoms with Crippen molar-refractivity contribution in [3.05, 3.63) is 33.5 Å². The minimum absolute atomic E-state index is 0.204. The van der Waals surface area contributed by atoms with Gasteiger partial charge in [-0.1, -0.05) is 0 Å². The van der Waals surface area contributed by atoms with Crippen molar-refractivity contribution in [2.75, 3.05) is 37.7 Å². The topological polar surface area (TPSA) is 64.7 Å². The first kappa shape index (κ1) is 18.0. The summed E-state index contributed by atoms with van der Waals surface area (Å²) in [6, 6.07) is 1.83. The summed E-state index contributed by atoms with van der Waals surface area (Å²) in [5.41, 5.74) is 0.940. The van der Waals surface area contributed by atoms with Gasteiger partial charge in [0, 0.05) is 23.5 Å². The molecule has 1 aliphatic rings. The zero-order chi connectivity index (χ0) is 17.6. The molecule has 2 aromatic rings. The van der Waals surface area contributed by atoms with E-state index in [0.29, 0.717) is 6.61 Å². The van der Waals surface area contributed by atoms with Gasteiger partial charge in [0.1, 0.15) is 0 Å². The number of rotatable bonds is 6. The second kappa shape index (κ2) is 8.50. The fraction of sp³-hybridized carbons (Fsp3) is 0.500. The second-order valence-corrected chi connectivity index (χ2v) is 7.35. The fourth-order valence-corrected chi connectivity index (χ4v) is 3.97. The van der Waals surface area contributed by atoms with Crippen LogP contribution in [-0.2, 0) is 22.6 Å².